The van der Waals surface area contributed by atoms with Crippen molar-refractivity contribution in [3.8, 4) is 0 Å². The topological polar surface area (TPSA) is 61.4 Å². The molecule has 0 aromatic carbocycles. The van der Waals surface area contributed by atoms with Crippen molar-refractivity contribution in [3.05, 3.63) is 22.4 Å². The molecule has 2 amide bonds. The minimum Gasteiger partial charge on any atom is -0.387 e. The predicted molar refractivity (Wildman–Crippen MR) is 83.0 cm³/mol. The minimum atomic E-state index is -0.867. The van der Waals surface area contributed by atoms with Crippen LogP contribution >= 0.6 is 23.1 Å². The largest absolute Gasteiger partial charge is 0.387 e. The molecule has 2 unspecified atom stereocenters. The van der Waals surface area contributed by atoms with E-state index < -0.39 is 5.60 Å². The molecule has 0 aliphatic rings. The van der Waals surface area contributed by atoms with E-state index in [0.29, 0.717) is 5.75 Å². The number of nitrogens with one attached hydrogen (secondary N) is 2. The molecule has 2 atom stereocenters. The lowest BCUT2D eigenvalue weighted by molar-refractivity contribution is 0.0868. The Morgan fingerprint density at radius 1 is 1.63 bits per heavy atom. The highest BCUT2D eigenvalue weighted by atomic mass is 32.2. The standard InChI is InChI=1S/C13H22N2O2S2/c1-10(7-11-5-4-6-19-11)15-12(16)14-8-13(2,17)9-18-3/h4-6,10,17H,7-9H2,1-3H3,(H2,14,15,16). The number of rotatable bonds is 7. The summed E-state index contributed by atoms with van der Waals surface area (Å²) in [5.74, 6) is 0.595. The Bertz CT molecular complexity index is 380. The number of thiophene rings is 1. The summed E-state index contributed by atoms with van der Waals surface area (Å²) in [5.41, 5.74) is -0.867. The Morgan fingerprint density at radius 3 is 2.95 bits per heavy atom. The second kappa shape index (κ2) is 7.77. The molecule has 108 valence electrons. The molecule has 0 aliphatic heterocycles. The number of aliphatic hydroxyl groups is 1. The molecular weight excluding hydrogens is 280 g/mol. The molecule has 0 saturated heterocycles. The van der Waals surface area contributed by atoms with Crippen molar-refractivity contribution < 1.29 is 9.90 Å². The zero-order valence-corrected chi connectivity index (χ0v) is 13.2. The molecule has 19 heavy (non-hydrogen) atoms. The highest BCUT2D eigenvalue weighted by molar-refractivity contribution is 7.98. The minimum absolute atomic E-state index is 0.0733. The molecule has 0 saturated carbocycles. The second-order valence-electron chi connectivity index (χ2n) is 4.94. The van der Waals surface area contributed by atoms with Crippen LogP contribution < -0.4 is 10.6 Å². The first-order valence-corrected chi connectivity index (χ1v) is 8.48. The first-order valence-electron chi connectivity index (χ1n) is 6.21. The summed E-state index contributed by atoms with van der Waals surface area (Å²) < 4.78 is 0. The van der Waals surface area contributed by atoms with Crippen LogP contribution in [-0.4, -0.2) is 41.3 Å². The lowest BCUT2D eigenvalue weighted by Gasteiger charge is -2.23. The van der Waals surface area contributed by atoms with Gasteiger partial charge in [0.2, 0.25) is 0 Å². The fourth-order valence-electron chi connectivity index (χ4n) is 1.69. The van der Waals surface area contributed by atoms with Gasteiger partial charge >= 0.3 is 6.03 Å². The van der Waals surface area contributed by atoms with E-state index in [9.17, 15) is 9.90 Å². The van der Waals surface area contributed by atoms with E-state index in [1.807, 2.05) is 24.6 Å². The van der Waals surface area contributed by atoms with Crippen LogP contribution in [0.4, 0.5) is 4.79 Å². The Balaban J connectivity index is 2.27. The fourth-order valence-corrected chi connectivity index (χ4v) is 3.25. The first kappa shape index (κ1) is 16.3. The lowest BCUT2D eigenvalue weighted by Crippen LogP contribution is -2.48. The molecular formula is C13H22N2O2S2. The molecule has 1 rings (SSSR count). The third-order valence-electron chi connectivity index (χ3n) is 2.55. The lowest BCUT2D eigenvalue weighted by atomic mass is 10.1. The average Bonchev–Trinajstić information content (AvgIpc) is 2.79. The van der Waals surface area contributed by atoms with Gasteiger partial charge in [0, 0.05) is 29.6 Å². The van der Waals surface area contributed by atoms with Crippen LogP contribution in [-0.2, 0) is 6.42 Å². The van der Waals surface area contributed by atoms with Crippen LogP contribution in [0.5, 0.6) is 0 Å². The maximum absolute atomic E-state index is 11.7. The molecule has 1 heterocycles. The molecule has 1 aromatic rings. The van der Waals surface area contributed by atoms with E-state index in [-0.39, 0.29) is 18.6 Å². The monoisotopic (exact) mass is 302 g/mol. The summed E-state index contributed by atoms with van der Waals surface area (Å²) >= 11 is 3.24. The summed E-state index contributed by atoms with van der Waals surface area (Å²) in [7, 11) is 0. The van der Waals surface area contributed by atoms with Gasteiger partial charge in [-0.2, -0.15) is 11.8 Å². The summed E-state index contributed by atoms with van der Waals surface area (Å²) in [6.45, 7) is 3.95. The van der Waals surface area contributed by atoms with Gasteiger partial charge in [-0.15, -0.1) is 11.3 Å². The van der Waals surface area contributed by atoms with Crippen molar-refractivity contribution in [2.75, 3.05) is 18.6 Å². The Labute approximate surface area is 123 Å². The fraction of sp³-hybridized carbons (Fsp3) is 0.615. The van der Waals surface area contributed by atoms with Crippen molar-refractivity contribution in [2.45, 2.75) is 31.9 Å². The van der Waals surface area contributed by atoms with Crippen LogP contribution in [0.15, 0.2) is 17.5 Å². The van der Waals surface area contributed by atoms with Gasteiger partial charge in [0.1, 0.15) is 0 Å². The average molecular weight is 302 g/mol. The normalized spacial score (nSPS) is 15.6. The Kier molecular flexibility index (Phi) is 6.68. The molecule has 0 fully saturated rings. The van der Waals surface area contributed by atoms with Gasteiger partial charge in [0.25, 0.3) is 0 Å². The summed E-state index contributed by atoms with van der Waals surface area (Å²) in [4.78, 5) is 12.9. The van der Waals surface area contributed by atoms with Crippen LogP contribution in [0.1, 0.15) is 18.7 Å². The van der Waals surface area contributed by atoms with Gasteiger partial charge < -0.3 is 15.7 Å². The highest BCUT2D eigenvalue weighted by Crippen LogP contribution is 2.11. The number of thioether (sulfide) groups is 1. The number of carbonyl (C=O) groups is 1. The van der Waals surface area contributed by atoms with E-state index in [1.54, 1.807) is 30.0 Å². The third-order valence-corrected chi connectivity index (χ3v) is 4.36. The number of hydrogen-bond donors (Lipinski definition) is 3. The van der Waals surface area contributed by atoms with Crippen LogP contribution in [0.2, 0.25) is 0 Å². The molecule has 0 aliphatic carbocycles. The van der Waals surface area contributed by atoms with E-state index >= 15 is 0 Å². The van der Waals surface area contributed by atoms with E-state index in [4.69, 9.17) is 0 Å². The molecule has 6 heteroatoms. The summed E-state index contributed by atoms with van der Waals surface area (Å²) in [6, 6.07) is 3.91. The number of urea groups is 1. The third kappa shape index (κ3) is 6.84. The van der Waals surface area contributed by atoms with Crippen molar-refractivity contribution in [2.24, 2.45) is 0 Å². The molecule has 0 bridgehead atoms. The zero-order valence-electron chi connectivity index (χ0n) is 11.6. The van der Waals surface area contributed by atoms with Gasteiger partial charge in [0.15, 0.2) is 0 Å². The first-order chi connectivity index (χ1) is 8.93. The predicted octanol–water partition coefficient (Wildman–Crippen LogP) is 2.09. The number of carbonyl (C=O) groups excluding carboxylic acids is 1. The highest BCUT2D eigenvalue weighted by Gasteiger charge is 2.20. The van der Waals surface area contributed by atoms with E-state index in [1.165, 1.54) is 4.88 Å². The van der Waals surface area contributed by atoms with Crippen LogP contribution in [0.25, 0.3) is 0 Å². The van der Waals surface area contributed by atoms with Gasteiger partial charge in [-0.25, -0.2) is 4.79 Å². The Morgan fingerprint density at radius 2 is 2.37 bits per heavy atom. The molecule has 0 radical (unpaired) electrons. The summed E-state index contributed by atoms with van der Waals surface area (Å²) in [6.07, 6.45) is 2.75. The second-order valence-corrected chi connectivity index (χ2v) is 6.84. The zero-order chi connectivity index (χ0) is 14.3. The molecule has 1 aromatic heterocycles. The molecule has 0 spiro atoms. The maximum Gasteiger partial charge on any atom is 0.315 e. The van der Waals surface area contributed by atoms with Crippen LogP contribution in [0.3, 0.4) is 0 Å². The molecule has 4 nitrogen and oxygen atoms in total. The molecule has 3 N–H and O–H groups in total. The maximum atomic E-state index is 11.7. The van der Waals surface area contributed by atoms with E-state index in [2.05, 4.69) is 16.7 Å². The number of hydrogen-bond acceptors (Lipinski definition) is 4. The van der Waals surface area contributed by atoms with Crippen molar-refractivity contribution >= 4 is 29.1 Å². The summed E-state index contributed by atoms with van der Waals surface area (Å²) in [5, 5.41) is 17.6. The number of amides is 2. The van der Waals surface area contributed by atoms with Crippen LogP contribution in [0, 0.1) is 0 Å². The SMILES string of the molecule is CSCC(C)(O)CNC(=O)NC(C)Cc1cccs1. The van der Waals surface area contributed by atoms with Gasteiger partial charge in [-0.1, -0.05) is 6.07 Å². The quantitative estimate of drug-likeness (QED) is 0.723. The van der Waals surface area contributed by atoms with Crippen molar-refractivity contribution in [1.82, 2.24) is 10.6 Å². The van der Waals surface area contributed by atoms with Crippen molar-refractivity contribution in [3.63, 3.8) is 0 Å². The van der Waals surface area contributed by atoms with Crippen molar-refractivity contribution in [1.29, 1.82) is 0 Å². The smallest absolute Gasteiger partial charge is 0.315 e. The van der Waals surface area contributed by atoms with E-state index in [0.717, 1.165) is 6.42 Å². The van der Waals surface area contributed by atoms with Gasteiger partial charge in [-0.05, 0) is 31.5 Å². The van der Waals surface area contributed by atoms with Gasteiger partial charge in [-0.3, -0.25) is 0 Å². The van der Waals surface area contributed by atoms with Gasteiger partial charge in [0.05, 0.1) is 5.60 Å². The Hall–Kier alpha value is -0.720.